The summed E-state index contributed by atoms with van der Waals surface area (Å²) >= 11 is 2.73. The van der Waals surface area contributed by atoms with Crippen LogP contribution in [-0.4, -0.2) is 11.1 Å². The number of hydrogen-bond acceptors (Lipinski definition) is 2. The van der Waals surface area contributed by atoms with Gasteiger partial charge in [-0.3, -0.25) is 4.79 Å². The predicted molar refractivity (Wildman–Crippen MR) is 54.2 cm³/mol. The summed E-state index contributed by atoms with van der Waals surface area (Å²) in [6.07, 6.45) is -5.02. The van der Waals surface area contributed by atoms with Crippen LogP contribution >= 0.6 is 15.9 Å². The molecule has 0 unspecified atom stereocenters. The Morgan fingerprint density at radius 2 is 2.00 bits per heavy atom. The number of rotatable bonds is 2. The van der Waals surface area contributed by atoms with Gasteiger partial charge >= 0.3 is 6.18 Å². The molecule has 17 heavy (non-hydrogen) atoms. The van der Waals surface area contributed by atoms with Crippen LogP contribution in [0.15, 0.2) is 12.1 Å². The van der Waals surface area contributed by atoms with Crippen molar-refractivity contribution in [2.24, 2.45) is 0 Å². The van der Waals surface area contributed by atoms with Gasteiger partial charge in [0.1, 0.15) is 11.4 Å². The highest BCUT2D eigenvalue weighted by Crippen LogP contribution is 2.35. The number of alkyl halides is 4. The van der Waals surface area contributed by atoms with Crippen LogP contribution in [0.1, 0.15) is 21.5 Å². The molecular weight excluding hydrogens is 306 g/mol. The van der Waals surface area contributed by atoms with Gasteiger partial charge in [-0.1, -0.05) is 15.9 Å². The number of carbonyl (C=O) groups is 1. The first-order valence-corrected chi connectivity index (χ1v) is 5.34. The van der Waals surface area contributed by atoms with E-state index in [2.05, 4.69) is 15.9 Å². The van der Waals surface area contributed by atoms with Gasteiger partial charge in [0.25, 0.3) is 0 Å². The van der Waals surface area contributed by atoms with Crippen LogP contribution in [0.4, 0.5) is 17.6 Å². The zero-order chi connectivity index (χ0) is 13.2. The van der Waals surface area contributed by atoms with Gasteiger partial charge in [-0.15, -0.1) is 0 Å². The predicted octanol–water partition coefficient (Wildman–Crippen LogP) is 3.29. The van der Waals surface area contributed by atoms with Crippen LogP contribution in [0.2, 0.25) is 0 Å². The number of benzene rings is 1. The maximum absolute atomic E-state index is 13.5. The normalized spacial score (nSPS) is 11.1. The van der Waals surface area contributed by atoms with Crippen molar-refractivity contribution in [1.82, 2.24) is 0 Å². The van der Waals surface area contributed by atoms with Crippen LogP contribution in [0, 0.1) is 17.1 Å². The second-order valence-corrected chi connectivity index (χ2v) is 3.58. The molecule has 7 heteroatoms. The molecule has 0 saturated carbocycles. The van der Waals surface area contributed by atoms with Crippen LogP contribution in [0.25, 0.3) is 0 Å². The minimum Gasteiger partial charge on any atom is -0.293 e. The molecule has 0 saturated heterocycles. The van der Waals surface area contributed by atoms with Crippen LogP contribution in [0.5, 0.6) is 0 Å². The summed E-state index contributed by atoms with van der Waals surface area (Å²) in [5.74, 6) is -2.53. The summed E-state index contributed by atoms with van der Waals surface area (Å²) in [4.78, 5) is 11.2. The maximum Gasteiger partial charge on any atom is 0.420 e. The molecule has 0 atom stereocenters. The first-order chi connectivity index (χ1) is 7.82. The molecule has 1 aromatic carbocycles. The third-order valence-electron chi connectivity index (χ3n) is 1.97. The minimum absolute atomic E-state index is 0.298. The van der Waals surface area contributed by atoms with Crippen molar-refractivity contribution in [3.8, 4) is 6.07 Å². The fourth-order valence-corrected chi connectivity index (χ4v) is 1.54. The largest absolute Gasteiger partial charge is 0.420 e. The lowest BCUT2D eigenvalue weighted by molar-refractivity contribution is -0.140. The SMILES string of the molecule is N#Cc1ccc(C(=O)CBr)c(F)c1C(F)(F)F. The van der Waals surface area contributed by atoms with E-state index in [9.17, 15) is 22.4 Å². The fourth-order valence-electron chi connectivity index (χ4n) is 1.23. The summed E-state index contributed by atoms with van der Waals surface area (Å²) in [5, 5.41) is 8.18. The van der Waals surface area contributed by atoms with E-state index >= 15 is 0 Å². The van der Waals surface area contributed by atoms with Gasteiger partial charge in [0, 0.05) is 0 Å². The summed E-state index contributed by atoms with van der Waals surface area (Å²) < 4.78 is 51.1. The van der Waals surface area contributed by atoms with Gasteiger partial charge in [-0.05, 0) is 12.1 Å². The van der Waals surface area contributed by atoms with Gasteiger partial charge in [-0.25, -0.2) is 4.39 Å². The lowest BCUT2D eigenvalue weighted by Crippen LogP contribution is -2.15. The first-order valence-electron chi connectivity index (χ1n) is 4.22. The Morgan fingerprint density at radius 1 is 1.41 bits per heavy atom. The Hall–Kier alpha value is -1.42. The van der Waals surface area contributed by atoms with Crippen molar-refractivity contribution < 1.29 is 22.4 Å². The summed E-state index contributed by atoms with van der Waals surface area (Å²) in [7, 11) is 0. The summed E-state index contributed by atoms with van der Waals surface area (Å²) in [6.45, 7) is 0. The summed E-state index contributed by atoms with van der Waals surface area (Å²) in [5.41, 5.74) is -3.24. The maximum atomic E-state index is 13.5. The molecule has 0 radical (unpaired) electrons. The standard InChI is InChI=1S/C10H4BrF4NO/c11-3-7(17)6-2-1-5(4-16)8(9(6)12)10(13,14)15/h1-2H,3H2. The van der Waals surface area contributed by atoms with Gasteiger partial charge in [0.15, 0.2) is 5.78 Å². The van der Waals surface area contributed by atoms with E-state index in [-0.39, 0.29) is 5.33 Å². The molecule has 0 aromatic heterocycles. The minimum atomic E-state index is -5.02. The zero-order valence-electron chi connectivity index (χ0n) is 8.11. The highest BCUT2D eigenvalue weighted by molar-refractivity contribution is 9.09. The molecule has 1 rings (SSSR count). The van der Waals surface area contributed by atoms with Crippen molar-refractivity contribution in [3.05, 3.63) is 34.6 Å². The second-order valence-electron chi connectivity index (χ2n) is 3.02. The monoisotopic (exact) mass is 309 g/mol. The molecule has 90 valence electrons. The third-order valence-corrected chi connectivity index (χ3v) is 2.48. The van der Waals surface area contributed by atoms with E-state index in [1.807, 2.05) is 0 Å². The molecule has 0 spiro atoms. The molecule has 2 nitrogen and oxygen atoms in total. The molecule has 1 aromatic rings. The van der Waals surface area contributed by atoms with Crippen LogP contribution in [-0.2, 0) is 6.18 Å². The van der Waals surface area contributed by atoms with E-state index in [1.165, 1.54) is 6.07 Å². The van der Waals surface area contributed by atoms with Gasteiger partial charge in [0.2, 0.25) is 0 Å². The fraction of sp³-hybridized carbons (Fsp3) is 0.200. The molecular formula is C10H4BrF4NO. The Bertz CT molecular complexity index is 504. The van der Waals surface area contributed by atoms with E-state index in [1.54, 1.807) is 0 Å². The zero-order valence-corrected chi connectivity index (χ0v) is 9.69. The Morgan fingerprint density at radius 3 is 2.41 bits per heavy atom. The number of hydrogen-bond donors (Lipinski definition) is 0. The molecule has 0 bridgehead atoms. The quantitative estimate of drug-likeness (QED) is 0.478. The highest BCUT2D eigenvalue weighted by atomic mass is 79.9. The lowest BCUT2D eigenvalue weighted by Gasteiger charge is -2.11. The number of Topliss-reactive ketones (excluding diaryl/α,β-unsaturated/α-hetero) is 1. The molecule has 0 fully saturated rings. The van der Waals surface area contributed by atoms with E-state index in [0.29, 0.717) is 0 Å². The van der Waals surface area contributed by atoms with E-state index in [4.69, 9.17) is 5.26 Å². The van der Waals surface area contributed by atoms with Gasteiger partial charge in [0.05, 0.1) is 22.5 Å². The molecule has 0 aliphatic heterocycles. The van der Waals surface area contributed by atoms with Crippen molar-refractivity contribution in [2.75, 3.05) is 5.33 Å². The first kappa shape index (κ1) is 13.6. The molecule has 0 amide bonds. The van der Waals surface area contributed by atoms with E-state index in [0.717, 1.165) is 12.1 Å². The number of carbonyl (C=O) groups excluding carboxylic acids is 1. The number of nitrogens with zero attached hydrogens (tertiary/aromatic N) is 1. The topological polar surface area (TPSA) is 40.9 Å². The number of nitriles is 1. The number of ketones is 1. The van der Waals surface area contributed by atoms with Crippen molar-refractivity contribution in [1.29, 1.82) is 5.26 Å². The molecule has 0 N–H and O–H groups in total. The van der Waals surface area contributed by atoms with Crippen molar-refractivity contribution >= 4 is 21.7 Å². The van der Waals surface area contributed by atoms with E-state index < -0.39 is 34.5 Å². The Kier molecular flexibility index (Phi) is 3.88. The molecule has 0 aliphatic rings. The molecule has 0 heterocycles. The smallest absolute Gasteiger partial charge is 0.293 e. The van der Waals surface area contributed by atoms with Crippen molar-refractivity contribution in [2.45, 2.75) is 6.18 Å². The Balaban J connectivity index is 3.56. The van der Waals surface area contributed by atoms with Gasteiger partial charge < -0.3 is 0 Å². The van der Waals surface area contributed by atoms with Crippen LogP contribution in [0.3, 0.4) is 0 Å². The lowest BCUT2D eigenvalue weighted by atomic mass is 10.0. The highest BCUT2D eigenvalue weighted by Gasteiger charge is 2.38. The van der Waals surface area contributed by atoms with Crippen molar-refractivity contribution in [3.63, 3.8) is 0 Å². The Labute approximate surface area is 102 Å². The van der Waals surface area contributed by atoms with Gasteiger partial charge in [-0.2, -0.15) is 18.4 Å². The average molecular weight is 310 g/mol. The number of halogens is 5. The third kappa shape index (κ3) is 2.64. The summed E-state index contributed by atoms with van der Waals surface area (Å²) in [6, 6.07) is 2.89. The van der Waals surface area contributed by atoms with Crippen LogP contribution < -0.4 is 0 Å². The molecule has 0 aliphatic carbocycles. The average Bonchev–Trinajstić information content (AvgIpc) is 2.25. The second kappa shape index (κ2) is 4.84.